The fraction of sp³-hybridized carbons (Fsp3) is 0.150. The number of hydrazone groups is 1. The lowest BCUT2D eigenvalue weighted by Crippen LogP contribution is -2.32. The zero-order chi connectivity index (χ0) is 20.4. The van der Waals surface area contributed by atoms with Crippen molar-refractivity contribution in [1.82, 2.24) is 5.43 Å². The molecule has 146 valence electrons. The molecule has 2 aromatic carbocycles. The van der Waals surface area contributed by atoms with Crippen molar-refractivity contribution in [3.8, 4) is 17.2 Å². The molecule has 0 fully saturated rings. The number of hydrogen-bond donors (Lipinski definition) is 2. The molecule has 0 aliphatic carbocycles. The minimum Gasteiger partial charge on any atom is -0.497 e. The Balaban J connectivity index is 1.94. The van der Waals surface area contributed by atoms with E-state index >= 15 is 0 Å². The summed E-state index contributed by atoms with van der Waals surface area (Å²) >= 11 is 0. The van der Waals surface area contributed by atoms with Gasteiger partial charge in [0, 0.05) is 11.8 Å². The topological polar surface area (TPSA) is 98.2 Å². The van der Waals surface area contributed by atoms with Crippen molar-refractivity contribution in [2.75, 3.05) is 26.1 Å². The van der Waals surface area contributed by atoms with Crippen LogP contribution in [0.25, 0.3) is 0 Å². The summed E-state index contributed by atoms with van der Waals surface area (Å²) in [4.78, 5) is 23.8. The molecule has 0 aliphatic heterocycles. The minimum absolute atomic E-state index is 0.349. The molecule has 0 radical (unpaired) electrons. The summed E-state index contributed by atoms with van der Waals surface area (Å²) in [6.07, 6.45) is 3.01. The molecule has 0 bridgehead atoms. The number of nitrogens with one attached hydrogen (secondary N) is 2. The molecule has 0 spiro atoms. The number of nitrogens with zero attached hydrogens (tertiary/aromatic N) is 1. The average Bonchev–Trinajstić information content (AvgIpc) is 2.72. The van der Waals surface area contributed by atoms with E-state index in [0.29, 0.717) is 35.1 Å². The van der Waals surface area contributed by atoms with Crippen LogP contribution >= 0.6 is 0 Å². The van der Waals surface area contributed by atoms with Gasteiger partial charge in [-0.3, -0.25) is 9.59 Å². The molecule has 0 heterocycles. The van der Waals surface area contributed by atoms with Crippen molar-refractivity contribution >= 4 is 23.7 Å². The zero-order valence-electron chi connectivity index (χ0n) is 15.6. The second-order valence-corrected chi connectivity index (χ2v) is 5.40. The monoisotopic (exact) mass is 383 g/mol. The molecule has 2 rings (SSSR count). The third-order valence-corrected chi connectivity index (χ3v) is 3.46. The van der Waals surface area contributed by atoms with Gasteiger partial charge in [-0.2, -0.15) is 5.10 Å². The minimum atomic E-state index is -0.906. The summed E-state index contributed by atoms with van der Waals surface area (Å²) in [6.45, 7) is 3.94. The summed E-state index contributed by atoms with van der Waals surface area (Å²) in [7, 11) is 3.02. The third-order valence-electron chi connectivity index (χ3n) is 3.46. The lowest BCUT2D eigenvalue weighted by molar-refractivity contribution is -0.136. The van der Waals surface area contributed by atoms with Gasteiger partial charge in [-0.05, 0) is 35.9 Å². The fourth-order valence-corrected chi connectivity index (χ4v) is 2.14. The number of carbonyl (C=O) groups excluding carboxylic acids is 2. The maximum atomic E-state index is 11.9. The van der Waals surface area contributed by atoms with E-state index in [1.54, 1.807) is 48.5 Å². The highest BCUT2D eigenvalue weighted by molar-refractivity contribution is 6.39. The van der Waals surface area contributed by atoms with Gasteiger partial charge in [-0.1, -0.05) is 18.7 Å². The van der Waals surface area contributed by atoms with Gasteiger partial charge in [-0.15, -0.1) is 0 Å². The van der Waals surface area contributed by atoms with Crippen LogP contribution in [0.2, 0.25) is 0 Å². The number of methoxy groups -OCH3 is 2. The van der Waals surface area contributed by atoms with E-state index in [1.807, 2.05) is 0 Å². The van der Waals surface area contributed by atoms with Crippen LogP contribution in [0, 0.1) is 0 Å². The number of benzene rings is 2. The van der Waals surface area contributed by atoms with E-state index in [4.69, 9.17) is 14.2 Å². The van der Waals surface area contributed by atoms with Gasteiger partial charge in [0.1, 0.15) is 12.4 Å². The number of amides is 2. The Morgan fingerprint density at radius 2 is 1.89 bits per heavy atom. The van der Waals surface area contributed by atoms with E-state index < -0.39 is 11.8 Å². The maximum absolute atomic E-state index is 11.9. The zero-order valence-corrected chi connectivity index (χ0v) is 15.6. The molecule has 2 amide bonds. The van der Waals surface area contributed by atoms with E-state index in [0.717, 1.165) is 0 Å². The summed E-state index contributed by atoms with van der Waals surface area (Å²) in [5, 5.41) is 6.24. The first-order valence-electron chi connectivity index (χ1n) is 8.27. The van der Waals surface area contributed by atoms with E-state index in [1.165, 1.54) is 20.4 Å². The predicted molar refractivity (Wildman–Crippen MR) is 106 cm³/mol. The average molecular weight is 383 g/mol. The number of rotatable bonds is 8. The highest BCUT2D eigenvalue weighted by atomic mass is 16.5. The Morgan fingerprint density at radius 3 is 2.61 bits per heavy atom. The van der Waals surface area contributed by atoms with E-state index in [9.17, 15) is 9.59 Å². The first-order chi connectivity index (χ1) is 13.6. The quantitative estimate of drug-likeness (QED) is 0.316. The Morgan fingerprint density at radius 1 is 1.07 bits per heavy atom. The van der Waals surface area contributed by atoms with Crippen molar-refractivity contribution in [1.29, 1.82) is 0 Å². The van der Waals surface area contributed by atoms with Gasteiger partial charge in [0.2, 0.25) is 0 Å². The van der Waals surface area contributed by atoms with Crippen LogP contribution in [-0.2, 0) is 9.59 Å². The molecule has 2 N–H and O–H groups in total. The molecule has 2 aromatic rings. The van der Waals surface area contributed by atoms with Crippen LogP contribution in [0.5, 0.6) is 17.2 Å². The number of anilines is 1. The molecule has 8 nitrogen and oxygen atoms in total. The molecular formula is C20H21N3O5. The Kier molecular flexibility index (Phi) is 7.59. The molecular weight excluding hydrogens is 362 g/mol. The van der Waals surface area contributed by atoms with Crippen molar-refractivity contribution in [3.63, 3.8) is 0 Å². The summed E-state index contributed by atoms with van der Waals surface area (Å²) in [6, 6.07) is 11.8. The molecule has 8 heteroatoms. The van der Waals surface area contributed by atoms with Crippen LogP contribution in [0.3, 0.4) is 0 Å². The van der Waals surface area contributed by atoms with E-state index in [-0.39, 0.29) is 0 Å². The van der Waals surface area contributed by atoms with Gasteiger partial charge in [0.15, 0.2) is 11.5 Å². The van der Waals surface area contributed by atoms with Crippen molar-refractivity contribution < 1.29 is 23.8 Å². The van der Waals surface area contributed by atoms with Crippen molar-refractivity contribution in [3.05, 3.63) is 60.7 Å². The van der Waals surface area contributed by atoms with Crippen molar-refractivity contribution in [2.45, 2.75) is 0 Å². The second kappa shape index (κ2) is 10.4. The third kappa shape index (κ3) is 5.87. The number of carbonyl (C=O) groups is 2. The normalized spacial score (nSPS) is 10.2. The fourth-order valence-electron chi connectivity index (χ4n) is 2.14. The van der Waals surface area contributed by atoms with Crippen molar-refractivity contribution in [2.24, 2.45) is 5.10 Å². The number of ether oxygens (including phenoxy) is 3. The summed E-state index contributed by atoms with van der Waals surface area (Å²) in [5.41, 5.74) is 3.25. The predicted octanol–water partition coefficient (Wildman–Crippen LogP) is 2.36. The van der Waals surface area contributed by atoms with Gasteiger partial charge in [0.25, 0.3) is 0 Å². The van der Waals surface area contributed by atoms with Crippen LogP contribution in [0.1, 0.15) is 5.56 Å². The van der Waals surface area contributed by atoms with E-state index in [2.05, 4.69) is 22.4 Å². The largest absolute Gasteiger partial charge is 0.497 e. The van der Waals surface area contributed by atoms with Crippen LogP contribution in [0.4, 0.5) is 5.69 Å². The molecule has 0 aliphatic rings. The molecule has 0 aromatic heterocycles. The van der Waals surface area contributed by atoms with Gasteiger partial charge < -0.3 is 19.5 Å². The van der Waals surface area contributed by atoms with Crippen LogP contribution in [-0.4, -0.2) is 38.9 Å². The molecule has 0 saturated carbocycles. The second-order valence-electron chi connectivity index (χ2n) is 5.40. The molecule has 0 unspecified atom stereocenters. The summed E-state index contributed by atoms with van der Waals surface area (Å²) in [5.74, 6) is -0.132. The van der Waals surface area contributed by atoms with Gasteiger partial charge in [-0.25, -0.2) is 5.43 Å². The highest BCUT2D eigenvalue weighted by Crippen LogP contribution is 2.27. The Bertz CT molecular complexity index is 880. The lowest BCUT2D eigenvalue weighted by Gasteiger charge is -2.09. The molecule has 28 heavy (non-hydrogen) atoms. The lowest BCUT2D eigenvalue weighted by atomic mass is 10.2. The Labute approximate surface area is 162 Å². The highest BCUT2D eigenvalue weighted by Gasteiger charge is 2.13. The maximum Gasteiger partial charge on any atom is 0.329 e. The van der Waals surface area contributed by atoms with Crippen LogP contribution < -0.4 is 25.0 Å². The first kappa shape index (κ1) is 20.5. The van der Waals surface area contributed by atoms with Crippen LogP contribution in [0.15, 0.2) is 60.2 Å². The first-order valence-corrected chi connectivity index (χ1v) is 8.27. The van der Waals surface area contributed by atoms with Gasteiger partial charge >= 0.3 is 11.8 Å². The smallest absolute Gasteiger partial charge is 0.329 e. The molecule has 0 saturated heterocycles. The Hall–Kier alpha value is -3.81. The molecule has 0 atom stereocenters. The standard InChI is InChI=1S/C20H21N3O5/c1-4-10-28-17-9-8-14(11-18(17)27-3)13-21-23-20(25)19(24)22-15-6-5-7-16(12-15)26-2/h4-9,11-13H,1,10H2,2-3H3,(H,22,24)(H,23,25)/b21-13-. The summed E-state index contributed by atoms with van der Waals surface area (Å²) < 4.78 is 15.8. The SMILES string of the molecule is C=CCOc1ccc(/C=N\NC(=O)C(=O)Nc2cccc(OC)c2)cc1OC. The van der Waals surface area contributed by atoms with Gasteiger partial charge in [0.05, 0.1) is 20.4 Å². The number of hydrogen-bond acceptors (Lipinski definition) is 6.